The van der Waals surface area contributed by atoms with Gasteiger partial charge in [-0.3, -0.25) is 4.79 Å². The zero-order valence-electron chi connectivity index (χ0n) is 14.3. The Bertz CT molecular complexity index is 733. The van der Waals surface area contributed by atoms with Crippen LogP contribution < -0.4 is 15.2 Å². The topological polar surface area (TPSA) is 61.5 Å². The number of carbonyl (C=O) groups excluding carboxylic acids is 1. The molecule has 0 fully saturated rings. The zero-order valence-corrected chi connectivity index (χ0v) is 14.3. The molecule has 0 radical (unpaired) electrons. The summed E-state index contributed by atoms with van der Waals surface area (Å²) in [4.78, 5) is 12.3. The third-order valence-electron chi connectivity index (χ3n) is 3.52. The monoisotopic (exact) mass is 325 g/mol. The van der Waals surface area contributed by atoms with Gasteiger partial charge in [0.2, 0.25) is 0 Å². The first-order chi connectivity index (χ1) is 11.5. The lowest BCUT2D eigenvalue weighted by molar-refractivity contribution is 0.104. The number of nitrogens with two attached hydrogens (primary N) is 1. The third kappa shape index (κ3) is 4.38. The standard InChI is InChI=1S/C20H23NO3/c1-4-23-19-13-20(24-5-2)16(12-14(19)3)8-11-18(22)15-6-9-17(21)10-7-15/h6-13H,4-5,21H2,1-3H3/b11-8+. The van der Waals surface area contributed by atoms with Crippen LogP contribution in [0.25, 0.3) is 6.08 Å². The molecule has 0 bridgehead atoms. The maximum absolute atomic E-state index is 12.3. The van der Waals surface area contributed by atoms with E-state index in [9.17, 15) is 4.79 Å². The summed E-state index contributed by atoms with van der Waals surface area (Å²) in [7, 11) is 0. The van der Waals surface area contributed by atoms with Crippen LogP contribution in [-0.4, -0.2) is 19.0 Å². The fraction of sp³-hybridized carbons (Fsp3) is 0.250. The molecular formula is C20H23NO3. The van der Waals surface area contributed by atoms with E-state index in [1.807, 2.05) is 32.9 Å². The lowest BCUT2D eigenvalue weighted by atomic mass is 10.1. The van der Waals surface area contributed by atoms with Gasteiger partial charge in [-0.25, -0.2) is 0 Å². The van der Waals surface area contributed by atoms with Crippen molar-refractivity contribution in [2.75, 3.05) is 18.9 Å². The molecule has 0 spiro atoms. The highest BCUT2D eigenvalue weighted by atomic mass is 16.5. The minimum atomic E-state index is -0.0796. The molecule has 0 saturated carbocycles. The number of ether oxygens (including phenoxy) is 2. The van der Waals surface area contributed by atoms with Crippen LogP contribution in [0.5, 0.6) is 11.5 Å². The van der Waals surface area contributed by atoms with Gasteiger partial charge in [-0.1, -0.05) is 0 Å². The highest BCUT2D eigenvalue weighted by Crippen LogP contribution is 2.30. The van der Waals surface area contributed by atoms with Gasteiger partial charge in [0, 0.05) is 22.9 Å². The van der Waals surface area contributed by atoms with Crippen molar-refractivity contribution in [3.63, 3.8) is 0 Å². The average molecular weight is 325 g/mol. The lowest BCUT2D eigenvalue weighted by Gasteiger charge is -2.13. The summed E-state index contributed by atoms with van der Waals surface area (Å²) in [6.07, 6.45) is 3.32. The molecule has 0 atom stereocenters. The third-order valence-corrected chi connectivity index (χ3v) is 3.52. The van der Waals surface area contributed by atoms with Crippen molar-refractivity contribution in [3.8, 4) is 11.5 Å². The summed E-state index contributed by atoms with van der Waals surface area (Å²) < 4.78 is 11.3. The molecule has 0 aliphatic carbocycles. The van der Waals surface area contributed by atoms with Crippen molar-refractivity contribution in [3.05, 3.63) is 59.2 Å². The van der Waals surface area contributed by atoms with Crippen LogP contribution in [0.2, 0.25) is 0 Å². The van der Waals surface area contributed by atoms with E-state index in [-0.39, 0.29) is 5.78 Å². The van der Waals surface area contributed by atoms with Crippen molar-refractivity contribution in [1.29, 1.82) is 0 Å². The zero-order chi connectivity index (χ0) is 17.5. The minimum Gasteiger partial charge on any atom is -0.493 e. The molecule has 0 heterocycles. The second kappa shape index (κ2) is 8.20. The molecular weight excluding hydrogens is 302 g/mol. The fourth-order valence-electron chi connectivity index (χ4n) is 2.32. The van der Waals surface area contributed by atoms with Gasteiger partial charge in [0.15, 0.2) is 5.78 Å². The summed E-state index contributed by atoms with van der Waals surface area (Å²) in [5, 5.41) is 0. The van der Waals surface area contributed by atoms with E-state index in [0.717, 1.165) is 16.9 Å². The molecule has 4 nitrogen and oxygen atoms in total. The summed E-state index contributed by atoms with van der Waals surface area (Å²) in [5.41, 5.74) is 8.73. The first-order valence-corrected chi connectivity index (χ1v) is 8.03. The molecule has 2 aromatic carbocycles. The number of rotatable bonds is 7. The maximum atomic E-state index is 12.3. The Balaban J connectivity index is 2.28. The number of benzene rings is 2. The van der Waals surface area contributed by atoms with Crippen LogP contribution in [0.4, 0.5) is 5.69 Å². The van der Waals surface area contributed by atoms with E-state index in [4.69, 9.17) is 15.2 Å². The van der Waals surface area contributed by atoms with Crippen molar-refractivity contribution in [2.45, 2.75) is 20.8 Å². The Morgan fingerprint density at radius 1 is 1.04 bits per heavy atom. The van der Waals surface area contributed by atoms with Crippen LogP contribution >= 0.6 is 0 Å². The van der Waals surface area contributed by atoms with Crippen LogP contribution in [0.3, 0.4) is 0 Å². The number of ketones is 1. The summed E-state index contributed by atoms with van der Waals surface area (Å²) >= 11 is 0. The predicted molar refractivity (Wildman–Crippen MR) is 97.7 cm³/mol. The molecule has 0 aliphatic heterocycles. The van der Waals surface area contributed by atoms with Gasteiger partial charge in [-0.15, -0.1) is 0 Å². The van der Waals surface area contributed by atoms with Gasteiger partial charge >= 0.3 is 0 Å². The van der Waals surface area contributed by atoms with Crippen molar-refractivity contribution in [2.24, 2.45) is 0 Å². The highest BCUT2D eigenvalue weighted by Gasteiger charge is 2.08. The van der Waals surface area contributed by atoms with E-state index in [0.29, 0.717) is 30.2 Å². The molecule has 24 heavy (non-hydrogen) atoms. The van der Waals surface area contributed by atoms with Gasteiger partial charge < -0.3 is 15.2 Å². The Morgan fingerprint density at radius 3 is 2.29 bits per heavy atom. The van der Waals surface area contributed by atoms with E-state index < -0.39 is 0 Å². The highest BCUT2D eigenvalue weighted by molar-refractivity contribution is 6.07. The van der Waals surface area contributed by atoms with Crippen molar-refractivity contribution >= 4 is 17.5 Å². The number of nitrogen functional groups attached to an aromatic ring is 1. The van der Waals surface area contributed by atoms with Gasteiger partial charge in [0.1, 0.15) is 11.5 Å². The number of hydrogen-bond donors (Lipinski definition) is 1. The molecule has 0 unspecified atom stereocenters. The number of aryl methyl sites for hydroxylation is 1. The van der Waals surface area contributed by atoms with E-state index in [1.165, 1.54) is 0 Å². The first kappa shape index (κ1) is 17.6. The molecule has 2 rings (SSSR count). The van der Waals surface area contributed by atoms with Crippen molar-refractivity contribution in [1.82, 2.24) is 0 Å². The molecule has 0 amide bonds. The Morgan fingerprint density at radius 2 is 1.67 bits per heavy atom. The molecule has 4 heteroatoms. The van der Waals surface area contributed by atoms with Crippen LogP contribution in [0, 0.1) is 6.92 Å². The second-order valence-corrected chi connectivity index (χ2v) is 5.34. The number of hydrogen-bond acceptors (Lipinski definition) is 4. The second-order valence-electron chi connectivity index (χ2n) is 5.34. The number of anilines is 1. The van der Waals surface area contributed by atoms with Crippen molar-refractivity contribution < 1.29 is 14.3 Å². The average Bonchev–Trinajstić information content (AvgIpc) is 2.57. The van der Waals surface area contributed by atoms with Gasteiger partial charge in [0.05, 0.1) is 13.2 Å². The fourth-order valence-corrected chi connectivity index (χ4v) is 2.32. The largest absolute Gasteiger partial charge is 0.493 e. The smallest absolute Gasteiger partial charge is 0.185 e. The summed E-state index contributed by atoms with van der Waals surface area (Å²) in [6.45, 7) is 6.98. The van der Waals surface area contributed by atoms with E-state index in [2.05, 4.69) is 0 Å². The normalized spacial score (nSPS) is 10.8. The molecule has 2 aromatic rings. The SMILES string of the molecule is CCOc1cc(OCC)c(/C=C/C(=O)c2ccc(N)cc2)cc1C. The lowest BCUT2D eigenvalue weighted by Crippen LogP contribution is -1.99. The van der Waals surface area contributed by atoms with Gasteiger partial charge in [-0.05, 0) is 68.8 Å². The summed E-state index contributed by atoms with van der Waals surface area (Å²) in [5.74, 6) is 1.42. The molecule has 2 N–H and O–H groups in total. The summed E-state index contributed by atoms with van der Waals surface area (Å²) in [6, 6.07) is 10.7. The number of carbonyl (C=O) groups is 1. The van der Waals surface area contributed by atoms with Gasteiger partial charge in [0.25, 0.3) is 0 Å². The Hall–Kier alpha value is -2.75. The van der Waals surface area contributed by atoms with E-state index >= 15 is 0 Å². The van der Waals surface area contributed by atoms with Crippen LogP contribution in [0.15, 0.2) is 42.5 Å². The molecule has 126 valence electrons. The van der Waals surface area contributed by atoms with E-state index in [1.54, 1.807) is 36.4 Å². The Labute approximate surface area is 142 Å². The first-order valence-electron chi connectivity index (χ1n) is 8.03. The quantitative estimate of drug-likeness (QED) is 0.469. The van der Waals surface area contributed by atoms with Gasteiger partial charge in [-0.2, -0.15) is 0 Å². The van der Waals surface area contributed by atoms with Crippen LogP contribution in [-0.2, 0) is 0 Å². The van der Waals surface area contributed by atoms with Crippen LogP contribution in [0.1, 0.15) is 35.3 Å². The molecule has 0 aliphatic rings. The molecule has 0 saturated heterocycles. The Kier molecular flexibility index (Phi) is 6.01. The maximum Gasteiger partial charge on any atom is 0.185 e. The predicted octanol–water partition coefficient (Wildman–Crippen LogP) is 4.27. The minimum absolute atomic E-state index is 0.0796. The number of allylic oxidation sites excluding steroid dienone is 1. The molecule has 0 aromatic heterocycles.